The zero-order valence-corrected chi connectivity index (χ0v) is 29.4. The maximum atomic E-state index is 16.1. The molecule has 0 heterocycles. The van der Waals surface area contributed by atoms with Gasteiger partial charge in [0.05, 0.1) is 38.2 Å². The van der Waals surface area contributed by atoms with Crippen LogP contribution in [0.15, 0.2) is 0 Å². The largest absolute Gasteiger partial charge is 0.206 e. The van der Waals surface area contributed by atoms with Crippen molar-refractivity contribution in [2.75, 3.05) is 0 Å². The average Bonchev–Trinajstić information content (AvgIpc) is 3.26. The first-order valence-corrected chi connectivity index (χ1v) is 16.0. The molecule has 0 aliphatic rings. The van der Waals surface area contributed by atoms with Crippen molar-refractivity contribution < 1.29 is 114 Å². The van der Waals surface area contributed by atoms with Crippen LogP contribution < -0.4 is 0 Å². The van der Waals surface area contributed by atoms with Crippen molar-refractivity contribution in [3.63, 3.8) is 0 Å². The van der Waals surface area contributed by atoms with Crippen LogP contribution in [0.4, 0.5) is 114 Å². The minimum atomic E-state index is -4.40. The lowest BCUT2D eigenvalue weighted by Crippen LogP contribution is -2.21. The molecule has 0 bridgehead atoms. The highest BCUT2D eigenvalue weighted by molar-refractivity contribution is 5.90. The van der Waals surface area contributed by atoms with Crippen LogP contribution in [0.5, 0.6) is 0 Å². The van der Waals surface area contributed by atoms with Crippen LogP contribution in [0.2, 0.25) is 0 Å². The number of fused-ring (bicyclic) bond motifs is 3. The molecule has 0 aliphatic carbocycles. The second kappa shape index (κ2) is 15.9. The summed E-state index contributed by atoms with van der Waals surface area (Å²) in [5.41, 5.74) is -9.76. The molecule has 64 heavy (non-hydrogen) atoms. The molecule has 0 nitrogen and oxygen atoms in total. The molecule has 0 spiro atoms. The number of halogens is 26. The van der Waals surface area contributed by atoms with Gasteiger partial charge in [0, 0.05) is 22.3 Å². The van der Waals surface area contributed by atoms with Crippen molar-refractivity contribution in [3.8, 4) is 0 Å². The molecular formula is C38H4F26. The fourth-order valence-electron chi connectivity index (χ4n) is 6.42. The molecule has 0 fully saturated rings. The average molecular weight is 954 g/mol. The summed E-state index contributed by atoms with van der Waals surface area (Å²) >= 11 is 0. The molecule has 0 saturated heterocycles. The van der Waals surface area contributed by atoms with Gasteiger partial charge in [0.15, 0.2) is 128 Å². The van der Waals surface area contributed by atoms with Crippen molar-refractivity contribution in [3.05, 3.63) is 174 Å². The third kappa shape index (κ3) is 6.32. The molecule has 0 aromatic heterocycles. The van der Waals surface area contributed by atoms with Gasteiger partial charge in [-0.1, -0.05) is 0 Å². The van der Waals surface area contributed by atoms with Crippen molar-refractivity contribution in [1.29, 1.82) is 0 Å². The predicted molar refractivity (Wildman–Crippen MR) is 163 cm³/mol. The second-order valence-corrected chi connectivity index (χ2v) is 12.7. The van der Waals surface area contributed by atoms with Gasteiger partial charge in [0.25, 0.3) is 0 Å². The summed E-state index contributed by atoms with van der Waals surface area (Å²) in [6.45, 7) is 0.816. The van der Waals surface area contributed by atoms with Crippen molar-refractivity contribution in [2.24, 2.45) is 0 Å². The fourth-order valence-corrected chi connectivity index (χ4v) is 6.42. The molecule has 0 amide bonds. The van der Waals surface area contributed by atoms with Gasteiger partial charge in [-0.25, -0.2) is 114 Å². The first-order chi connectivity index (χ1) is 29.6. The summed E-state index contributed by atoms with van der Waals surface area (Å²) in [5.74, 6) is -79.1. The van der Waals surface area contributed by atoms with E-state index in [9.17, 15) is 74.6 Å². The Bertz CT molecular complexity index is 2850. The molecule has 0 N–H and O–H groups in total. The quantitative estimate of drug-likeness (QED) is 0.0717. The predicted octanol–water partition coefficient (Wildman–Crippen LogP) is 13.9. The van der Waals surface area contributed by atoms with Gasteiger partial charge in [-0.15, -0.1) is 0 Å². The van der Waals surface area contributed by atoms with E-state index in [4.69, 9.17) is 0 Å². The highest BCUT2D eigenvalue weighted by Gasteiger charge is 2.44. The maximum absolute atomic E-state index is 16.1. The lowest BCUT2D eigenvalue weighted by molar-refractivity contribution is 0.373. The number of hydrogen-bond donors (Lipinski definition) is 0. The van der Waals surface area contributed by atoms with Crippen LogP contribution in [0.3, 0.4) is 0 Å². The van der Waals surface area contributed by atoms with E-state index in [-0.39, 0.29) is 0 Å². The van der Waals surface area contributed by atoms with Crippen LogP contribution in [-0.2, 0) is 0 Å². The number of hydrogen-bond acceptors (Lipinski definition) is 0. The Balaban J connectivity index is 0.000000491. The van der Waals surface area contributed by atoms with Crippen molar-refractivity contribution >= 4 is 32.3 Å². The Morgan fingerprint density at radius 3 is 0.516 bits per heavy atom. The van der Waals surface area contributed by atoms with Crippen LogP contribution in [0.25, 0.3) is 32.3 Å². The Kier molecular flexibility index (Phi) is 11.7. The Morgan fingerprint density at radius 1 is 0.172 bits per heavy atom. The Hall–Kier alpha value is -6.50. The maximum Gasteiger partial charge on any atom is 0.200 e. The first-order valence-electron chi connectivity index (χ1n) is 16.0. The van der Waals surface area contributed by atoms with Crippen molar-refractivity contribution in [1.82, 2.24) is 0 Å². The summed E-state index contributed by atoms with van der Waals surface area (Å²) in [6.07, 6.45) is 0. The van der Waals surface area contributed by atoms with Crippen LogP contribution in [-0.4, -0.2) is 0 Å². The van der Waals surface area contributed by atoms with Gasteiger partial charge in [-0.05, 0) is 6.92 Å². The van der Waals surface area contributed by atoms with E-state index in [1.54, 1.807) is 0 Å². The van der Waals surface area contributed by atoms with Crippen LogP contribution in [0.1, 0.15) is 28.2 Å². The topological polar surface area (TPSA) is 0 Å². The summed E-state index contributed by atoms with van der Waals surface area (Å²) in [6, 6.07) is 0. The molecule has 0 unspecified atom stereocenters. The number of rotatable bonds is 3. The van der Waals surface area contributed by atoms with Crippen LogP contribution in [0, 0.1) is 158 Å². The van der Waals surface area contributed by atoms with Gasteiger partial charge < -0.3 is 0 Å². The van der Waals surface area contributed by atoms with E-state index in [0.29, 0.717) is 0 Å². The molecule has 0 atom stereocenters. The fraction of sp³-hybridized carbons (Fsp3) is 0.0526. The normalized spacial score (nSPS) is 11.8. The smallest absolute Gasteiger partial charge is 0.200 e. The molecule has 7 rings (SSSR count). The zero-order valence-electron chi connectivity index (χ0n) is 29.4. The van der Waals surface area contributed by atoms with Gasteiger partial charge in [-0.3, -0.25) is 0 Å². The van der Waals surface area contributed by atoms with E-state index in [1.165, 1.54) is 0 Å². The molecule has 338 valence electrons. The minimum Gasteiger partial charge on any atom is -0.206 e. The van der Waals surface area contributed by atoms with E-state index in [0.717, 1.165) is 6.92 Å². The van der Waals surface area contributed by atoms with E-state index >= 15 is 39.5 Å². The Morgan fingerprint density at radius 2 is 0.312 bits per heavy atom. The molecule has 7 aromatic rings. The highest BCUT2D eigenvalue weighted by Crippen LogP contribution is 2.49. The Labute approximate surface area is 333 Å². The van der Waals surface area contributed by atoms with Gasteiger partial charge in [-0.2, -0.15) is 0 Å². The van der Waals surface area contributed by atoms with Gasteiger partial charge in [0.1, 0.15) is 17.5 Å². The number of benzene rings is 7. The van der Waals surface area contributed by atoms with E-state index in [1.807, 2.05) is 0 Å². The second-order valence-electron chi connectivity index (χ2n) is 12.7. The summed E-state index contributed by atoms with van der Waals surface area (Å²) in [7, 11) is 0. The van der Waals surface area contributed by atoms with E-state index < -0.39 is 212 Å². The SMILES string of the molecule is Cc1c(F)c(F)c(F)c(F)c1F.Fc1c(F)c(F)c2c(F)c(C(c3c(F)c(F)c4c(F)c(F)c(F)c(F)c4c3F)c3c(F)c(F)c4c(F)c(F)c(F)c(F)c4c3F)c(F)c(F)c2c1F. The monoisotopic (exact) mass is 954 g/mol. The molecule has 0 saturated carbocycles. The molecule has 0 radical (unpaired) electrons. The minimum absolute atomic E-state index is 0.816. The first kappa shape index (κ1) is 47.0. The third-order valence-corrected chi connectivity index (χ3v) is 9.41. The summed E-state index contributed by atoms with van der Waals surface area (Å²) < 4.78 is 375. The van der Waals surface area contributed by atoms with Crippen molar-refractivity contribution in [2.45, 2.75) is 12.8 Å². The lowest BCUT2D eigenvalue weighted by Gasteiger charge is -2.25. The van der Waals surface area contributed by atoms with Gasteiger partial charge in [0.2, 0.25) is 5.82 Å². The standard InChI is InChI=1S/C31HF21.C7H3F5/c32-11-2(14(35)17(38)8-5(11)20(41)26(47)29(50)23(8)44)1(3-12(33)6-9(18(39)15(3)36)24(45)30(51)27(48)21(6)42)4-13(34)7-10(19(40)16(4)37)25(46)31(52)28(49)22(7)43;1-2-3(8)5(10)7(12)6(11)4(2)9/h1H;1H3. The molecule has 0 aliphatic heterocycles. The molecule has 7 aromatic carbocycles. The lowest BCUT2D eigenvalue weighted by atomic mass is 9.80. The zero-order chi connectivity index (χ0) is 48.4. The highest BCUT2D eigenvalue weighted by atomic mass is 19.2. The molecule has 26 heteroatoms. The summed E-state index contributed by atoms with van der Waals surface area (Å²) in [5, 5.41) is -15.6. The van der Waals surface area contributed by atoms with Gasteiger partial charge >= 0.3 is 0 Å². The third-order valence-electron chi connectivity index (χ3n) is 9.41. The van der Waals surface area contributed by atoms with Crippen LogP contribution >= 0.6 is 0 Å². The molecular weight excluding hydrogens is 950 g/mol. The summed E-state index contributed by atoms with van der Waals surface area (Å²) in [4.78, 5) is 0. The van der Waals surface area contributed by atoms with E-state index in [2.05, 4.69) is 0 Å².